The van der Waals surface area contributed by atoms with Crippen LogP contribution in [-0.4, -0.2) is 0 Å². The van der Waals surface area contributed by atoms with Gasteiger partial charge in [-0.25, -0.2) is 0 Å². The topological polar surface area (TPSA) is 0 Å². The van der Waals surface area contributed by atoms with Crippen molar-refractivity contribution in [3.63, 3.8) is 0 Å². The molecule has 0 aliphatic rings. The zero-order chi connectivity index (χ0) is 24.0. The normalized spacial score (nSPS) is 11.5. The summed E-state index contributed by atoms with van der Waals surface area (Å²) in [5.41, 5.74) is 12.0. The molecular weight excluding hydrogens is 436 g/mol. The quantitative estimate of drug-likeness (QED) is 0.226. The third-order valence-corrected chi connectivity index (χ3v) is 9.94. The van der Waals surface area contributed by atoms with E-state index in [-0.39, 0.29) is 0 Å². The Bertz CT molecular complexity index is 1020. The molecule has 0 atom stereocenters. The van der Waals surface area contributed by atoms with Gasteiger partial charge in [0.1, 0.15) is 0 Å². The highest BCUT2D eigenvalue weighted by molar-refractivity contribution is 7.23. The smallest absolute Gasteiger partial charge is 0.0474 e. The van der Waals surface area contributed by atoms with E-state index in [1.807, 2.05) is 11.3 Å². The predicted molar refractivity (Wildman–Crippen MR) is 152 cm³/mol. The number of thiophene rings is 2. The van der Waals surface area contributed by atoms with E-state index in [0.29, 0.717) is 0 Å². The molecular formula is C31H44S2. The lowest BCUT2D eigenvalue weighted by Crippen LogP contribution is -2.00. The number of aryl methyl sites for hydroxylation is 2. The van der Waals surface area contributed by atoms with Crippen LogP contribution in [0.1, 0.15) is 104 Å². The van der Waals surface area contributed by atoms with Gasteiger partial charge in [-0.05, 0) is 122 Å². The Morgan fingerprint density at radius 1 is 0.606 bits per heavy atom. The Hall–Kier alpha value is -1.38. The Morgan fingerprint density at radius 2 is 1.15 bits per heavy atom. The monoisotopic (exact) mass is 480 g/mol. The van der Waals surface area contributed by atoms with Gasteiger partial charge in [0.05, 0.1) is 0 Å². The van der Waals surface area contributed by atoms with Crippen LogP contribution < -0.4 is 0 Å². The highest BCUT2D eigenvalue weighted by atomic mass is 32.1. The number of unbranched alkanes of at least 4 members (excludes halogenated alkanes) is 6. The van der Waals surface area contributed by atoms with Gasteiger partial charge < -0.3 is 0 Å². The molecule has 33 heavy (non-hydrogen) atoms. The highest BCUT2D eigenvalue weighted by Crippen LogP contribution is 2.45. The number of hydrogen-bond acceptors (Lipinski definition) is 2. The summed E-state index contributed by atoms with van der Waals surface area (Å²) in [5.74, 6) is 0. The molecule has 1 aromatic carbocycles. The fraction of sp³-hybridized carbons (Fsp3) is 0.548. The molecule has 180 valence electrons. The maximum absolute atomic E-state index is 2.55. The van der Waals surface area contributed by atoms with Gasteiger partial charge in [-0.15, -0.1) is 22.7 Å². The van der Waals surface area contributed by atoms with E-state index in [2.05, 4.69) is 77.3 Å². The lowest BCUT2D eigenvalue weighted by Gasteiger charge is -2.19. The van der Waals surface area contributed by atoms with Crippen molar-refractivity contribution < 1.29 is 0 Å². The van der Waals surface area contributed by atoms with Crippen LogP contribution in [0.2, 0.25) is 0 Å². The molecule has 0 nitrogen and oxygen atoms in total. The van der Waals surface area contributed by atoms with Gasteiger partial charge in [0.15, 0.2) is 0 Å². The summed E-state index contributed by atoms with van der Waals surface area (Å²) < 4.78 is 0. The fourth-order valence-electron chi connectivity index (χ4n) is 5.01. The maximum Gasteiger partial charge on any atom is 0.0474 e. The van der Waals surface area contributed by atoms with Gasteiger partial charge in [-0.1, -0.05) is 52.4 Å². The average Bonchev–Trinajstić information content (AvgIpc) is 3.44. The van der Waals surface area contributed by atoms with Crippen LogP contribution in [0, 0.1) is 34.6 Å². The molecule has 0 N–H and O–H groups in total. The third kappa shape index (κ3) is 6.01. The zero-order valence-corrected chi connectivity index (χ0v) is 23.8. The molecule has 0 amide bonds. The molecule has 0 unspecified atom stereocenters. The first-order valence-corrected chi connectivity index (χ1v) is 14.9. The predicted octanol–water partition coefficient (Wildman–Crippen LogP) is 10.9. The maximum atomic E-state index is 2.55. The third-order valence-electron chi connectivity index (χ3n) is 7.61. The van der Waals surface area contributed by atoms with Gasteiger partial charge in [-0.3, -0.25) is 0 Å². The van der Waals surface area contributed by atoms with Crippen molar-refractivity contribution in [2.24, 2.45) is 0 Å². The van der Waals surface area contributed by atoms with Crippen molar-refractivity contribution >= 4 is 22.7 Å². The van der Waals surface area contributed by atoms with Crippen molar-refractivity contribution in [2.45, 2.75) is 113 Å². The van der Waals surface area contributed by atoms with Crippen molar-refractivity contribution in [3.05, 3.63) is 56.5 Å². The first-order chi connectivity index (χ1) is 15.9. The molecule has 0 saturated carbocycles. The van der Waals surface area contributed by atoms with Crippen LogP contribution >= 0.6 is 22.7 Å². The Kier molecular flexibility index (Phi) is 9.82. The lowest BCUT2D eigenvalue weighted by atomic mass is 9.87. The van der Waals surface area contributed by atoms with Crippen LogP contribution in [0.25, 0.3) is 20.2 Å². The van der Waals surface area contributed by atoms with Crippen molar-refractivity contribution in [2.75, 3.05) is 0 Å². The largest absolute Gasteiger partial charge is 0.143 e. The molecule has 0 bridgehead atoms. The van der Waals surface area contributed by atoms with E-state index in [1.165, 1.54) is 112 Å². The van der Waals surface area contributed by atoms with Crippen molar-refractivity contribution in [1.82, 2.24) is 0 Å². The highest BCUT2D eigenvalue weighted by Gasteiger charge is 2.21. The molecule has 2 heterocycles. The number of benzene rings is 1. The number of rotatable bonds is 12. The summed E-state index contributed by atoms with van der Waals surface area (Å²) in [7, 11) is 0. The van der Waals surface area contributed by atoms with E-state index in [4.69, 9.17) is 0 Å². The van der Waals surface area contributed by atoms with Crippen molar-refractivity contribution in [3.8, 4) is 20.2 Å². The van der Waals surface area contributed by atoms with E-state index >= 15 is 0 Å². The van der Waals surface area contributed by atoms with Gasteiger partial charge in [0, 0.05) is 14.6 Å². The summed E-state index contributed by atoms with van der Waals surface area (Å²) >= 11 is 4.00. The Labute approximate surface area is 211 Å². The molecule has 0 spiro atoms. The second kappa shape index (κ2) is 12.4. The van der Waals surface area contributed by atoms with E-state index in [9.17, 15) is 0 Å². The molecule has 0 aliphatic carbocycles. The molecule has 2 heteroatoms. The SMILES string of the molecule is CCCCCCc1ccsc1-c1cc(CCCCCC)c(-c2c(C)c(C)c(C)c(C)c2C)s1. The van der Waals surface area contributed by atoms with Crippen LogP contribution in [-0.2, 0) is 12.8 Å². The standard InChI is InChI=1S/C31H44S2/c1-8-10-12-14-16-26-18-19-32-30(26)28-20-27(17-15-13-11-9-2)31(33-28)29-24(6)22(4)21(3)23(5)25(29)7/h18-20H,8-17H2,1-7H3. The lowest BCUT2D eigenvalue weighted by molar-refractivity contribution is 0.667. The summed E-state index contributed by atoms with van der Waals surface area (Å²) in [4.78, 5) is 4.55. The fourth-order valence-corrected chi connectivity index (χ4v) is 7.49. The zero-order valence-electron chi connectivity index (χ0n) is 22.1. The second-order valence-corrected chi connectivity index (χ2v) is 11.8. The minimum Gasteiger partial charge on any atom is -0.143 e. The van der Waals surface area contributed by atoms with Crippen LogP contribution in [0.5, 0.6) is 0 Å². The van der Waals surface area contributed by atoms with Gasteiger partial charge in [0.25, 0.3) is 0 Å². The van der Waals surface area contributed by atoms with E-state index < -0.39 is 0 Å². The summed E-state index contributed by atoms with van der Waals surface area (Å²) in [6.07, 6.45) is 13.0. The second-order valence-electron chi connectivity index (χ2n) is 9.86. The van der Waals surface area contributed by atoms with Gasteiger partial charge in [-0.2, -0.15) is 0 Å². The average molecular weight is 481 g/mol. The minimum absolute atomic E-state index is 1.20. The molecule has 0 aliphatic heterocycles. The molecule has 0 saturated heterocycles. The molecule has 2 aromatic heterocycles. The Morgan fingerprint density at radius 3 is 1.73 bits per heavy atom. The minimum atomic E-state index is 1.20. The summed E-state index contributed by atoms with van der Waals surface area (Å²) in [6.45, 7) is 16.2. The molecule has 0 radical (unpaired) electrons. The number of hydrogen-bond donors (Lipinski definition) is 0. The van der Waals surface area contributed by atoms with Crippen LogP contribution in [0.15, 0.2) is 17.5 Å². The van der Waals surface area contributed by atoms with Gasteiger partial charge in [0.2, 0.25) is 0 Å². The first kappa shape index (κ1) is 26.2. The van der Waals surface area contributed by atoms with Crippen LogP contribution in [0.3, 0.4) is 0 Å². The van der Waals surface area contributed by atoms with E-state index in [0.717, 1.165) is 0 Å². The summed E-state index contributed by atoms with van der Waals surface area (Å²) in [6, 6.07) is 4.93. The molecule has 3 aromatic rings. The summed E-state index contributed by atoms with van der Waals surface area (Å²) in [5, 5.41) is 2.31. The Balaban J connectivity index is 2.03. The molecule has 0 fully saturated rings. The first-order valence-electron chi connectivity index (χ1n) is 13.2. The van der Waals surface area contributed by atoms with Crippen LogP contribution in [0.4, 0.5) is 0 Å². The molecule has 3 rings (SSSR count). The van der Waals surface area contributed by atoms with Gasteiger partial charge >= 0.3 is 0 Å². The van der Waals surface area contributed by atoms with E-state index in [1.54, 1.807) is 11.1 Å². The van der Waals surface area contributed by atoms with Crippen molar-refractivity contribution in [1.29, 1.82) is 0 Å².